The molecule has 4 rings (SSSR count). The van der Waals surface area contributed by atoms with E-state index >= 15 is 0 Å². The lowest BCUT2D eigenvalue weighted by molar-refractivity contribution is -0.117. The van der Waals surface area contributed by atoms with Gasteiger partial charge in [0.25, 0.3) is 5.91 Å². The molecule has 2 amide bonds. The summed E-state index contributed by atoms with van der Waals surface area (Å²) in [5.41, 5.74) is 1.48. The van der Waals surface area contributed by atoms with E-state index in [9.17, 15) is 14.7 Å². The number of carbonyl (C=O) groups excluding carboxylic acids is 2. The van der Waals surface area contributed by atoms with Crippen LogP contribution in [0.15, 0.2) is 24.3 Å². The SMILES string of the molecule is O=C(NC1C2CCC(C2)C1CO)c1ccc(N2CCCC2=O)cc1. The molecule has 128 valence electrons. The molecule has 0 aromatic heterocycles. The van der Waals surface area contributed by atoms with Crippen LogP contribution >= 0.6 is 0 Å². The zero-order chi connectivity index (χ0) is 16.7. The number of amides is 2. The fourth-order valence-corrected chi connectivity index (χ4v) is 4.85. The van der Waals surface area contributed by atoms with E-state index in [4.69, 9.17) is 0 Å². The van der Waals surface area contributed by atoms with Crippen molar-refractivity contribution < 1.29 is 14.7 Å². The first kappa shape index (κ1) is 15.6. The summed E-state index contributed by atoms with van der Waals surface area (Å²) in [4.78, 5) is 26.1. The Hall–Kier alpha value is -1.88. The number of nitrogens with zero attached hydrogens (tertiary/aromatic N) is 1. The van der Waals surface area contributed by atoms with Gasteiger partial charge in [0, 0.05) is 42.8 Å². The molecule has 0 radical (unpaired) electrons. The van der Waals surface area contributed by atoms with Gasteiger partial charge in [-0.25, -0.2) is 0 Å². The summed E-state index contributed by atoms with van der Waals surface area (Å²) < 4.78 is 0. The van der Waals surface area contributed by atoms with Crippen LogP contribution in [-0.2, 0) is 4.79 Å². The summed E-state index contributed by atoms with van der Waals surface area (Å²) in [6.07, 6.45) is 4.97. The zero-order valence-corrected chi connectivity index (χ0v) is 13.8. The number of rotatable bonds is 4. The van der Waals surface area contributed by atoms with Crippen LogP contribution in [0.1, 0.15) is 42.5 Å². The molecule has 5 heteroatoms. The number of anilines is 1. The number of fused-ring (bicyclic) bond motifs is 2. The second-order valence-corrected chi connectivity index (χ2v) is 7.37. The molecule has 0 spiro atoms. The molecule has 4 atom stereocenters. The van der Waals surface area contributed by atoms with E-state index in [2.05, 4.69) is 5.32 Å². The van der Waals surface area contributed by atoms with Gasteiger partial charge in [0.05, 0.1) is 0 Å². The van der Waals surface area contributed by atoms with Crippen LogP contribution in [0.3, 0.4) is 0 Å². The largest absolute Gasteiger partial charge is 0.396 e. The van der Waals surface area contributed by atoms with Crippen molar-refractivity contribution in [3.63, 3.8) is 0 Å². The first-order valence-electron chi connectivity index (χ1n) is 8.99. The minimum absolute atomic E-state index is 0.0784. The first-order valence-corrected chi connectivity index (χ1v) is 8.99. The number of nitrogens with one attached hydrogen (secondary N) is 1. The van der Waals surface area contributed by atoms with Crippen molar-refractivity contribution in [2.45, 2.75) is 38.1 Å². The van der Waals surface area contributed by atoms with Crippen LogP contribution in [0.25, 0.3) is 0 Å². The molecule has 1 aliphatic heterocycles. The summed E-state index contributed by atoms with van der Waals surface area (Å²) in [5.74, 6) is 1.35. The van der Waals surface area contributed by atoms with Gasteiger partial charge in [-0.1, -0.05) is 0 Å². The molecule has 24 heavy (non-hydrogen) atoms. The van der Waals surface area contributed by atoms with Gasteiger partial charge in [-0.15, -0.1) is 0 Å². The molecule has 2 bridgehead atoms. The molecule has 2 N–H and O–H groups in total. The van der Waals surface area contributed by atoms with E-state index in [1.54, 1.807) is 17.0 Å². The first-order chi connectivity index (χ1) is 11.7. The van der Waals surface area contributed by atoms with E-state index in [1.807, 2.05) is 12.1 Å². The summed E-state index contributed by atoms with van der Waals surface area (Å²) in [7, 11) is 0. The van der Waals surface area contributed by atoms with Gasteiger partial charge in [-0.05, 0) is 61.8 Å². The Balaban J connectivity index is 1.44. The molecular formula is C19H24N2O3. The molecular weight excluding hydrogens is 304 g/mol. The predicted molar refractivity (Wildman–Crippen MR) is 90.7 cm³/mol. The molecule has 5 nitrogen and oxygen atoms in total. The minimum atomic E-state index is -0.0784. The van der Waals surface area contributed by atoms with Crippen LogP contribution in [0, 0.1) is 17.8 Å². The molecule has 1 saturated heterocycles. The van der Waals surface area contributed by atoms with Crippen LogP contribution in [-0.4, -0.2) is 36.1 Å². The van der Waals surface area contributed by atoms with Crippen molar-refractivity contribution in [1.29, 1.82) is 0 Å². The van der Waals surface area contributed by atoms with Crippen molar-refractivity contribution in [3.8, 4) is 0 Å². The number of carbonyl (C=O) groups is 2. The van der Waals surface area contributed by atoms with E-state index in [1.165, 1.54) is 6.42 Å². The fourth-order valence-electron chi connectivity index (χ4n) is 4.85. The minimum Gasteiger partial charge on any atom is -0.396 e. The van der Waals surface area contributed by atoms with E-state index < -0.39 is 0 Å². The highest BCUT2D eigenvalue weighted by atomic mass is 16.3. The van der Waals surface area contributed by atoms with Crippen molar-refractivity contribution >= 4 is 17.5 Å². The molecule has 4 unspecified atom stereocenters. The number of aliphatic hydroxyl groups is 1. The molecule has 1 heterocycles. The highest BCUT2D eigenvalue weighted by molar-refractivity contribution is 5.97. The van der Waals surface area contributed by atoms with Crippen LogP contribution < -0.4 is 10.2 Å². The van der Waals surface area contributed by atoms with E-state index in [0.717, 1.165) is 31.5 Å². The summed E-state index contributed by atoms with van der Waals surface area (Å²) in [5, 5.41) is 12.8. The van der Waals surface area contributed by atoms with Gasteiger partial charge < -0.3 is 15.3 Å². The molecule has 2 saturated carbocycles. The maximum atomic E-state index is 12.6. The van der Waals surface area contributed by atoms with Crippen molar-refractivity contribution in [2.75, 3.05) is 18.1 Å². The average molecular weight is 328 g/mol. The quantitative estimate of drug-likeness (QED) is 0.887. The van der Waals surface area contributed by atoms with Gasteiger partial charge in [0.2, 0.25) is 5.91 Å². The Kier molecular flexibility index (Phi) is 4.04. The second-order valence-electron chi connectivity index (χ2n) is 7.37. The number of hydrogen-bond donors (Lipinski definition) is 2. The standard InChI is InChI=1S/C19H24N2O3/c22-11-16-13-3-4-14(10-13)18(16)20-19(24)12-5-7-15(8-6-12)21-9-1-2-17(21)23/h5-8,13-14,16,18,22H,1-4,9-11H2,(H,20,24). The summed E-state index contributed by atoms with van der Waals surface area (Å²) in [6, 6.07) is 7.38. The Morgan fingerprint density at radius 3 is 2.62 bits per heavy atom. The van der Waals surface area contributed by atoms with Gasteiger partial charge in [0.1, 0.15) is 0 Å². The van der Waals surface area contributed by atoms with Gasteiger partial charge >= 0.3 is 0 Å². The van der Waals surface area contributed by atoms with Gasteiger partial charge in [0.15, 0.2) is 0 Å². The Morgan fingerprint density at radius 2 is 1.96 bits per heavy atom. The zero-order valence-electron chi connectivity index (χ0n) is 13.8. The highest BCUT2D eigenvalue weighted by Gasteiger charge is 2.47. The molecule has 3 aliphatic rings. The van der Waals surface area contributed by atoms with Crippen molar-refractivity contribution in [3.05, 3.63) is 29.8 Å². The molecule has 1 aromatic carbocycles. The topological polar surface area (TPSA) is 69.6 Å². The van der Waals surface area contributed by atoms with Crippen LogP contribution in [0.5, 0.6) is 0 Å². The Bertz CT molecular complexity index is 643. The van der Waals surface area contributed by atoms with Gasteiger partial charge in [-0.3, -0.25) is 9.59 Å². The summed E-state index contributed by atoms with van der Waals surface area (Å²) >= 11 is 0. The van der Waals surface area contributed by atoms with Crippen LogP contribution in [0.4, 0.5) is 5.69 Å². The van der Waals surface area contributed by atoms with Crippen molar-refractivity contribution in [1.82, 2.24) is 5.32 Å². The lowest BCUT2D eigenvalue weighted by atomic mass is 9.85. The maximum absolute atomic E-state index is 12.6. The van der Waals surface area contributed by atoms with E-state index in [-0.39, 0.29) is 30.4 Å². The number of aliphatic hydroxyl groups excluding tert-OH is 1. The third-order valence-corrected chi connectivity index (χ3v) is 6.11. The lowest BCUT2D eigenvalue weighted by Gasteiger charge is -2.30. The smallest absolute Gasteiger partial charge is 0.251 e. The number of benzene rings is 1. The lowest BCUT2D eigenvalue weighted by Crippen LogP contribution is -2.45. The monoisotopic (exact) mass is 328 g/mol. The summed E-state index contributed by atoms with van der Waals surface area (Å²) in [6.45, 7) is 0.913. The van der Waals surface area contributed by atoms with Crippen molar-refractivity contribution in [2.24, 2.45) is 17.8 Å². The van der Waals surface area contributed by atoms with Gasteiger partial charge in [-0.2, -0.15) is 0 Å². The third kappa shape index (κ3) is 2.61. The Labute approximate surface area is 142 Å². The predicted octanol–water partition coefficient (Wildman–Crippen LogP) is 1.95. The highest BCUT2D eigenvalue weighted by Crippen LogP contribution is 2.48. The normalized spacial score (nSPS) is 31.7. The Morgan fingerprint density at radius 1 is 1.21 bits per heavy atom. The second kappa shape index (κ2) is 6.20. The average Bonchev–Trinajstić information content (AvgIpc) is 3.31. The molecule has 1 aromatic rings. The fraction of sp³-hybridized carbons (Fsp3) is 0.579. The molecule has 3 fully saturated rings. The maximum Gasteiger partial charge on any atom is 0.251 e. The number of hydrogen-bond acceptors (Lipinski definition) is 3. The van der Waals surface area contributed by atoms with E-state index in [0.29, 0.717) is 23.8 Å². The third-order valence-electron chi connectivity index (χ3n) is 6.11. The van der Waals surface area contributed by atoms with Crippen LogP contribution in [0.2, 0.25) is 0 Å². The molecule has 2 aliphatic carbocycles.